The molecule has 0 saturated heterocycles. The fourth-order valence-electron chi connectivity index (χ4n) is 3.37. The summed E-state index contributed by atoms with van der Waals surface area (Å²) in [4.78, 5) is 12.7. The molecule has 3 nitrogen and oxygen atoms in total. The van der Waals surface area contributed by atoms with Crippen LogP contribution in [0.15, 0.2) is 78.9 Å². The maximum atomic E-state index is 12.7. The molecule has 0 aliphatic rings. The van der Waals surface area contributed by atoms with E-state index in [0.29, 0.717) is 6.42 Å². The molecule has 0 saturated carbocycles. The highest BCUT2D eigenvalue weighted by molar-refractivity contribution is 6.05. The van der Waals surface area contributed by atoms with Gasteiger partial charge in [0.25, 0.3) is 0 Å². The lowest BCUT2D eigenvalue weighted by Gasteiger charge is -2.12. The van der Waals surface area contributed by atoms with Gasteiger partial charge in [0.2, 0.25) is 5.91 Å². The van der Waals surface area contributed by atoms with E-state index in [-0.39, 0.29) is 5.91 Å². The SMILES string of the molecule is COc1ccc(NC(=O)Cc2cccc3ccccc23)c2ccccc12. The van der Waals surface area contributed by atoms with Crippen molar-refractivity contribution in [1.29, 1.82) is 0 Å². The maximum absolute atomic E-state index is 12.7. The molecule has 1 N–H and O–H groups in total. The van der Waals surface area contributed by atoms with Crippen molar-refractivity contribution in [2.45, 2.75) is 6.42 Å². The molecule has 3 heteroatoms. The maximum Gasteiger partial charge on any atom is 0.228 e. The minimum Gasteiger partial charge on any atom is -0.496 e. The molecule has 4 aromatic rings. The summed E-state index contributed by atoms with van der Waals surface area (Å²) < 4.78 is 5.42. The summed E-state index contributed by atoms with van der Waals surface area (Å²) in [6, 6.07) is 25.9. The number of fused-ring (bicyclic) bond motifs is 2. The molecule has 0 atom stereocenters. The number of amides is 1. The molecule has 26 heavy (non-hydrogen) atoms. The number of ether oxygens (including phenoxy) is 1. The highest BCUT2D eigenvalue weighted by Gasteiger charge is 2.11. The lowest BCUT2D eigenvalue weighted by Crippen LogP contribution is -2.14. The average Bonchev–Trinajstić information content (AvgIpc) is 2.68. The summed E-state index contributed by atoms with van der Waals surface area (Å²) in [5.74, 6) is 0.768. The Hall–Kier alpha value is -3.33. The van der Waals surface area contributed by atoms with Crippen LogP contribution in [0.2, 0.25) is 0 Å². The van der Waals surface area contributed by atoms with Crippen LogP contribution in [0.3, 0.4) is 0 Å². The van der Waals surface area contributed by atoms with Crippen LogP contribution >= 0.6 is 0 Å². The molecule has 0 spiro atoms. The summed E-state index contributed by atoms with van der Waals surface area (Å²) >= 11 is 0. The van der Waals surface area contributed by atoms with Crippen molar-refractivity contribution in [3.63, 3.8) is 0 Å². The summed E-state index contributed by atoms with van der Waals surface area (Å²) in [5.41, 5.74) is 1.82. The van der Waals surface area contributed by atoms with Gasteiger partial charge in [0.1, 0.15) is 5.75 Å². The smallest absolute Gasteiger partial charge is 0.228 e. The third-order valence-electron chi connectivity index (χ3n) is 4.61. The number of carbonyl (C=O) groups excluding carboxylic acids is 1. The third-order valence-corrected chi connectivity index (χ3v) is 4.61. The van der Waals surface area contributed by atoms with Gasteiger partial charge in [0, 0.05) is 16.5 Å². The van der Waals surface area contributed by atoms with Crippen molar-refractivity contribution in [1.82, 2.24) is 0 Å². The molecule has 0 aliphatic carbocycles. The molecule has 0 fully saturated rings. The molecule has 0 heterocycles. The van der Waals surface area contributed by atoms with Crippen LogP contribution in [-0.4, -0.2) is 13.0 Å². The van der Waals surface area contributed by atoms with E-state index >= 15 is 0 Å². The highest BCUT2D eigenvalue weighted by atomic mass is 16.5. The second-order valence-electron chi connectivity index (χ2n) is 6.22. The van der Waals surface area contributed by atoms with Crippen molar-refractivity contribution < 1.29 is 9.53 Å². The van der Waals surface area contributed by atoms with Crippen LogP contribution < -0.4 is 10.1 Å². The Morgan fingerprint density at radius 2 is 1.50 bits per heavy atom. The molecule has 0 radical (unpaired) electrons. The standard InChI is InChI=1S/C23H19NO2/c1-26-22-14-13-21(19-11-4-5-12-20(19)22)24-23(25)15-17-9-6-8-16-7-2-3-10-18(16)17/h2-14H,15H2,1H3,(H,24,25). The number of carbonyl (C=O) groups is 1. The summed E-state index contributed by atoms with van der Waals surface area (Å²) in [7, 11) is 1.65. The molecule has 4 aromatic carbocycles. The van der Waals surface area contributed by atoms with Crippen LogP contribution in [-0.2, 0) is 11.2 Å². The Bertz CT molecular complexity index is 1100. The normalized spacial score (nSPS) is 10.8. The first kappa shape index (κ1) is 16.2. The quantitative estimate of drug-likeness (QED) is 0.555. The molecular formula is C23H19NO2. The van der Waals surface area contributed by atoms with Crippen LogP contribution in [0, 0.1) is 0 Å². The number of rotatable bonds is 4. The number of nitrogens with one attached hydrogen (secondary N) is 1. The minimum atomic E-state index is -0.0309. The zero-order valence-corrected chi connectivity index (χ0v) is 14.5. The predicted molar refractivity (Wildman–Crippen MR) is 107 cm³/mol. The second-order valence-corrected chi connectivity index (χ2v) is 6.22. The highest BCUT2D eigenvalue weighted by Crippen LogP contribution is 2.31. The Kier molecular flexibility index (Phi) is 4.28. The van der Waals surface area contributed by atoms with Crippen molar-refractivity contribution in [3.05, 3.63) is 84.4 Å². The molecule has 1 amide bonds. The number of benzene rings is 4. The van der Waals surface area contributed by atoms with Crippen molar-refractivity contribution in [3.8, 4) is 5.75 Å². The second kappa shape index (κ2) is 6.89. The van der Waals surface area contributed by atoms with Gasteiger partial charge in [0.15, 0.2) is 0 Å². The van der Waals surface area contributed by atoms with Crippen LogP contribution in [0.5, 0.6) is 5.75 Å². The molecule has 4 rings (SSSR count). The number of hydrogen-bond acceptors (Lipinski definition) is 2. The Labute approximate surface area is 152 Å². The number of hydrogen-bond donors (Lipinski definition) is 1. The van der Waals surface area contributed by atoms with Gasteiger partial charge in [-0.05, 0) is 28.5 Å². The Balaban J connectivity index is 1.64. The zero-order valence-electron chi connectivity index (χ0n) is 14.5. The van der Waals surface area contributed by atoms with E-state index < -0.39 is 0 Å². The zero-order chi connectivity index (χ0) is 17.9. The van der Waals surface area contributed by atoms with Gasteiger partial charge in [-0.25, -0.2) is 0 Å². The molecular weight excluding hydrogens is 322 g/mol. The molecule has 0 unspecified atom stereocenters. The van der Waals surface area contributed by atoms with Crippen LogP contribution in [0.4, 0.5) is 5.69 Å². The number of anilines is 1. The van der Waals surface area contributed by atoms with E-state index in [1.54, 1.807) is 7.11 Å². The fourth-order valence-corrected chi connectivity index (χ4v) is 3.37. The first-order valence-corrected chi connectivity index (χ1v) is 8.58. The monoisotopic (exact) mass is 341 g/mol. The molecule has 0 bridgehead atoms. The van der Waals surface area contributed by atoms with E-state index in [1.807, 2.05) is 60.7 Å². The van der Waals surface area contributed by atoms with Gasteiger partial charge in [-0.2, -0.15) is 0 Å². The van der Waals surface area contributed by atoms with Crippen LogP contribution in [0.25, 0.3) is 21.5 Å². The van der Waals surface area contributed by atoms with Crippen molar-refractivity contribution in [2.24, 2.45) is 0 Å². The summed E-state index contributed by atoms with van der Waals surface area (Å²) in [6.45, 7) is 0. The fraction of sp³-hybridized carbons (Fsp3) is 0.0870. The van der Waals surface area contributed by atoms with Gasteiger partial charge in [-0.3, -0.25) is 4.79 Å². The molecule has 128 valence electrons. The van der Waals surface area contributed by atoms with E-state index in [9.17, 15) is 4.79 Å². The Morgan fingerprint density at radius 3 is 2.31 bits per heavy atom. The van der Waals surface area contributed by atoms with E-state index in [2.05, 4.69) is 23.5 Å². The van der Waals surface area contributed by atoms with Crippen molar-refractivity contribution in [2.75, 3.05) is 12.4 Å². The van der Waals surface area contributed by atoms with Gasteiger partial charge in [-0.15, -0.1) is 0 Å². The van der Waals surface area contributed by atoms with E-state index in [4.69, 9.17) is 4.74 Å². The van der Waals surface area contributed by atoms with Gasteiger partial charge < -0.3 is 10.1 Å². The molecule has 0 aromatic heterocycles. The minimum absolute atomic E-state index is 0.0309. The largest absolute Gasteiger partial charge is 0.496 e. The predicted octanol–water partition coefficient (Wildman–Crippen LogP) is 5.18. The Morgan fingerprint density at radius 1 is 0.808 bits per heavy atom. The van der Waals surface area contributed by atoms with Crippen LogP contribution in [0.1, 0.15) is 5.56 Å². The average molecular weight is 341 g/mol. The first-order valence-electron chi connectivity index (χ1n) is 8.58. The van der Waals surface area contributed by atoms with Gasteiger partial charge in [-0.1, -0.05) is 66.7 Å². The van der Waals surface area contributed by atoms with E-state index in [0.717, 1.165) is 38.5 Å². The lowest BCUT2D eigenvalue weighted by molar-refractivity contribution is -0.115. The van der Waals surface area contributed by atoms with Gasteiger partial charge in [0.05, 0.1) is 13.5 Å². The molecule has 0 aliphatic heterocycles. The van der Waals surface area contributed by atoms with Crippen molar-refractivity contribution >= 4 is 33.1 Å². The van der Waals surface area contributed by atoms with E-state index in [1.165, 1.54) is 0 Å². The summed E-state index contributed by atoms with van der Waals surface area (Å²) in [6.07, 6.45) is 0.335. The van der Waals surface area contributed by atoms with Gasteiger partial charge >= 0.3 is 0 Å². The number of methoxy groups -OCH3 is 1. The lowest BCUT2D eigenvalue weighted by atomic mass is 10.0. The third kappa shape index (κ3) is 3.00. The topological polar surface area (TPSA) is 38.3 Å². The first-order chi connectivity index (χ1) is 12.8. The summed E-state index contributed by atoms with van der Waals surface area (Å²) in [5, 5.41) is 7.27.